The van der Waals surface area contributed by atoms with E-state index in [9.17, 15) is 0 Å². The molecule has 2 aliphatic rings. The molecule has 8 aromatic carbocycles. The lowest BCUT2D eigenvalue weighted by Crippen LogP contribution is -2.39. The van der Waals surface area contributed by atoms with E-state index in [0.717, 1.165) is 209 Å². The average Bonchev–Trinajstić information content (AvgIpc) is 1.64. The number of aromatic nitrogens is 8. The van der Waals surface area contributed by atoms with E-state index in [1.807, 2.05) is 0 Å². The molecule has 0 bridgehead atoms. The van der Waals surface area contributed by atoms with Gasteiger partial charge in [-0.15, -0.1) is 0 Å². The maximum atomic E-state index is 6.81. The number of hydrogen-bond acceptors (Lipinski definition) is 6. The van der Waals surface area contributed by atoms with Crippen molar-refractivity contribution in [1.82, 2.24) is 0 Å². The third-order valence-electron chi connectivity index (χ3n) is 23.3. The first-order valence-corrected chi connectivity index (χ1v) is 44.2. The van der Waals surface area contributed by atoms with Crippen molar-refractivity contribution in [3.63, 3.8) is 0 Å². The summed E-state index contributed by atoms with van der Waals surface area (Å²) in [6, 6.07) is 102. The van der Waals surface area contributed by atoms with Crippen LogP contribution in [0.25, 0.3) is 78.9 Å². The van der Waals surface area contributed by atoms with E-state index in [1.165, 1.54) is 55.6 Å². The summed E-state index contributed by atoms with van der Waals surface area (Å²) < 4.78 is 45.3. The van der Waals surface area contributed by atoms with Gasteiger partial charge in [0.2, 0.25) is 22.9 Å². The minimum atomic E-state index is 0.804. The number of nitrogens with zero attached hydrogens (tertiary/aromatic N) is 10. The lowest BCUT2D eigenvalue weighted by atomic mass is 10.0. The Morgan fingerprint density at radius 2 is 0.613 bits per heavy atom. The smallest absolute Gasteiger partial charge is 0.374 e. The zero-order valence-electron chi connectivity index (χ0n) is 71.2. The molecule has 14 heteroatoms. The van der Waals surface area contributed by atoms with E-state index >= 15 is 0 Å². The zero-order valence-corrected chi connectivity index (χ0v) is 71.2. The fourth-order valence-electron chi connectivity index (χ4n) is 16.8. The van der Waals surface area contributed by atoms with Crippen LogP contribution in [0.1, 0.15) is 88.1 Å². The number of oxazole rings is 2. The summed E-state index contributed by atoms with van der Waals surface area (Å²) >= 11 is 0. The van der Waals surface area contributed by atoms with Gasteiger partial charge < -0.3 is 28.1 Å². The summed E-state index contributed by atoms with van der Waals surface area (Å²) in [5.41, 5.74) is 20.5. The first kappa shape index (κ1) is 82.1. The van der Waals surface area contributed by atoms with Crippen LogP contribution in [0.2, 0.25) is 0 Å². The Balaban J connectivity index is 0.000000183. The first-order chi connectivity index (χ1) is 61.3. The summed E-state index contributed by atoms with van der Waals surface area (Å²) in [6.07, 6.45) is 44.5. The Kier molecular flexibility index (Phi) is 27.1. The van der Waals surface area contributed by atoms with Crippen molar-refractivity contribution in [2.24, 2.45) is 0 Å². The number of allylic oxidation sites excluding steroid dienone is 4. The lowest BCUT2D eigenvalue weighted by Gasteiger charge is -2.19. The van der Waals surface area contributed by atoms with Crippen molar-refractivity contribution in [1.29, 1.82) is 0 Å². The fourth-order valence-corrected chi connectivity index (χ4v) is 16.8. The molecule has 0 radical (unpaired) electrons. The van der Waals surface area contributed by atoms with E-state index in [2.05, 4.69) is 450 Å². The summed E-state index contributed by atoms with van der Waals surface area (Å²) in [5.74, 6) is 5.12. The minimum Gasteiger partial charge on any atom is -0.439 e. The van der Waals surface area contributed by atoms with Gasteiger partial charge in [-0.3, -0.25) is 0 Å². The van der Waals surface area contributed by atoms with Gasteiger partial charge >= 0.3 is 11.8 Å². The zero-order chi connectivity index (χ0) is 83.9. The second-order valence-corrected chi connectivity index (χ2v) is 32.0. The Hall–Kier alpha value is -14.2. The van der Waals surface area contributed by atoms with Crippen molar-refractivity contribution in [2.75, 3.05) is 22.9 Å². The lowest BCUT2D eigenvalue weighted by molar-refractivity contribution is -0.727. The van der Waals surface area contributed by atoms with Crippen LogP contribution < -0.4 is 55.8 Å². The number of anilines is 2. The molecule has 14 nitrogen and oxygen atoms in total. The summed E-state index contributed by atoms with van der Waals surface area (Å²) in [7, 11) is 0. The second-order valence-electron chi connectivity index (χ2n) is 32.0. The van der Waals surface area contributed by atoms with Gasteiger partial charge in [-0.05, 0) is 136 Å². The van der Waals surface area contributed by atoms with Crippen molar-refractivity contribution < 1.29 is 54.8 Å². The Bertz CT molecular complexity index is 6340. The van der Waals surface area contributed by atoms with Crippen molar-refractivity contribution >= 4 is 45.7 Å². The highest BCUT2D eigenvalue weighted by Crippen LogP contribution is 2.44. The molecule has 0 atom stereocenters. The molecule has 0 N–H and O–H groups in total. The van der Waals surface area contributed by atoms with E-state index in [-0.39, 0.29) is 0 Å². The number of benzene rings is 8. The van der Waals surface area contributed by atoms with Crippen LogP contribution in [-0.2, 0) is 65.2 Å². The van der Waals surface area contributed by atoms with Crippen LogP contribution in [0.3, 0.4) is 0 Å². The number of ether oxygens (including phenoxy) is 2. The molecule has 16 aromatic rings. The fraction of sp³-hybridized carbons (Fsp3) is 0.200. The molecule has 124 heavy (non-hydrogen) atoms. The molecule has 0 saturated carbocycles. The molecular weight excluding hydrogens is 1530 g/mol. The Morgan fingerprint density at radius 1 is 0.290 bits per heavy atom. The molecular formula is C110H110N10O4+8. The van der Waals surface area contributed by atoms with E-state index in [1.54, 1.807) is 0 Å². The average molecular weight is 1640 g/mol. The molecule has 8 aromatic heterocycles. The highest BCUT2D eigenvalue weighted by molar-refractivity contribution is 5.82. The SMILES string of the molecule is CCC(=Cc1oc2ccc(-c3ccccc3)cc2[n+]1CCC[n+]1ccccc1)C=C1Oc2ccc(-c3ccccc3)cc2N1CCC[n+]1ccccc1.CCC(=Cc1oc2ccc(-c3ccccc3)cc2[n+]1CCCc1ccc[n+](CCC[n+]2ccccc2)c1)C=C1Oc2ccc(-c3ccccc3)cc2N1CCCc1ccc[n+](CCC[n+]2ccccc2)c1. The van der Waals surface area contributed by atoms with Gasteiger partial charge in [-0.2, -0.15) is 9.13 Å². The van der Waals surface area contributed by atoms with Crippen LogP contribution in [0, 0.1) is 0 Å². The van der Waals surface area contributed by atoms with Crippen LogP contribution in [0.5, 0.6) is 11.5 Å². The number of aryl methyl sites for hydroxylation is 10. The monoisotopic (exact) mass is 1630 g/mol. The largest absolute Gasteiger partial charge is 0.439 e. The summed E-state index contributed by atoms with van der Waals surface area (Å²) in [4.78, 5) is 4.72. The van der Waals surface area contributed by atoms with Gasteiger partial charge in [-0.1, -0.05) is 184 Å². The molecule has 0 fully saturated rings. The third kappa shape index (κ3) is 21.0. The van der Waals surface area contributed by atoms with Crippen LogP contribution >= 0.6 is 0 Å². The van der Waals surface area contributed by atoms with Crippen molar-refractivity contribution in [2.45, 2.75) is 130 Å². The summed E-state index contributed by atoms with van der Waals surface area (Å²) in [6.45, 7) is 13.5. The molecule has 0 aliphatic carbocycles. The predicted molar refractivity (Wildman–Crippen MR) is 491 cm³/mol. The molecule has 616 valence electrons. The molecule has 0 unspecified atom stereocenters. The highest BCUT2D eigenvalue weighted by Gasteiger charge is 2.32. The number of rotatable bonds is 34. The normalized spacial score (nSPS) is 13.1. The molecule has 0 amide bonds. The molecule has 10 heterocycles. The number of hydrogen-bond donors (Lipinski definition) is 0. The molecule has 18 rings (SSSR count). The highest BCUT2D eigenvalue weighted by atomic mass is 16.5. The van der Waals surface area contributed by atoms with Gasteiger partial charge in [0.1, 0.15) is 6.54 Å². The minimum absolute atomic E-state index is 0.804. The summed E-state index contributed by atoms with van der Waals surface area (Å²) in [5, 5.41) is 0. The third-order valence-corrected chi connectivity index (χ3v) is 23.3. The maximum absolute atomic E-state index is 6.81. The van der Waals surface area contributed by atoms with Gasteiger partial charge in [0.05, 0.1) is 42.8 Å². The second kappa shape index (κ2) is 40.9. The molecule has 0 saturated heterocycles. The van der Waals surface area contributed by atoms with E-state index in [0.29, 0.717) is 0 Å². The van der Waals surface area contributed by atoms with E-state index in [4.69, 9.17) is 18.3 Å². The first-order valence-electron chi connectivity index (χ1n) is 44.2. The molecule has 2 aliphatic heterocycles. The maximum Gasteiger partial charge on any atom is 0.374 e. The van der Waals surface area contributed by atoms with Crippen LogP contribution in [0.4, 0.5) is 11.4 Å². The van der Waals surface area contributed by atoms with Gasteiger partial charge in [0.25, 0.3) is 11.0 Å². The topological polar surface area (TPSA) is 82.3 Å². The van der Waals surface area contributed by atoms with Gasteiger partial charge in [0, 0.05) is 122 Å². The number of pyridine rings is 6. The van der Waals surface area contributed by atoms with Gasteiger partial charge in [0.15, 0.2) is 132 Å². The van der Waals surface area contributed by atoms with Crippen LogP contribution in [-0.4, -0.2) is 13.1 Å². The number of fused-ring (bicyclic) bond motifs is 4. The van der Waals surface area contributed by atoms with Gasteiger partial charge in [-0.25, -0.2) is 27.4 Å². The van der Waals surface area contributed by atoms with Crippen molar-refractivity contribution in [3.05, 3.63) is 424 Å². The van der Waals surface area contributed by atoms with Crippen molar-refractivity contribution in [3.8, 4) is 56.0 Å². The van der Waals surface area contributed by atoms with E-state index < -0.39 is 0 Å². The Labute approximate surface area is 728 Å². The quantitative estimate of drug-likeness (QED) is 0.0374. The van der Waals surface area contributed by atoms with Crippen LogP contribution in [0.15, 0.2) is 409 Å². The Morgan fingerprint density at radius 3 is 1.01 bits per heavy atom. The standard InChI is InChI=1S/C63H65N6O2.C47H45N4O2/c1-2-51(45-62-68(58-47-56(29-31-60(58)70-62)54-25-7-3-8-26-54)43-17-23-52-21-15-37-66(49-52)41-19-39-64-33-11-5-12-34-64)46-63-69(59-48-57(30-32-61(59)71-63)55-27-9-4-10-28-55)44-18-24-53-22-16-38-67(50-53)42-20-40-65-35-13-6-14-36-65;1-2-37(33-46-50(31-15-29-48-25-11-5-12-26-48)42-35-40(21-23-44(42)52-46)38-17-7-3-8-18-38)34-47-51(32-16-30-49-27-13-6-14-28-49)43-36-41(22-24-45(43)53-47)39-19-9-4-10-20-39/h3-16,21-22,25-38,45-50H,2,17-20,23-24,39-44H2,1H3;3-14,17-28,33-36H,2,15-16,29-32H2,1H3/q+5;+3. The predicted octanol–water partition coefficient (Wildman–Crippen LogP) is 20.5. The molecule has 0 spiro atoms.